The van der Waals surface area contributed by atoms with E-state index in [1.807, 2.05) is 17.7 Å². The highest BCUT2D eigenvalue weighted by Gasteiger charge is 1.92. The second kappa shape index (κ2) is 3.41. The standard InChI is InChI=1S/C7H8NS/c1-2-3-7-4-5-9-8-6-7/h2,5-6,8H,1,3H2. The third kappa shape index (κ3) is 1.98. The van der Waals surface area contributed by atoms with E-state index >= 15 is 0 Å². The summed E-state index contributed by atoms with van der Waals surface area (Å²) in [6.45, 7) is 3.63. The molecule has 1 radical (unpaired) electrons. The fraction of sp³-hybridized carbons (Fsp3) is 0.143. The Morgan fingerprint density at radius 2 is 2.78 bits per heavy atom. The van der Waals surface area contributed by atoms with Gasteiger partial charge in [-0.25, -0.2) is 0 Å². The lowest BCUT2D eigenvalue weighted by molar-refractivity contribution is 1.21. The van der Waals surface area contributed by atoms with E-state index in [1.54, 1.807) is 0 Å². The van der Waals surface area contributed by atoms with Crippen molar-refractivity contribution < 1.29 is 0 Å². The highest BCUT2D eigenvalue weighted by molar-refractivity contribution is 8.00. The van der Waals surface area contributed by atoms with Gasteiger partial charge in [-0.1, -0.05) is 6.08 Å². The first-order chi connectivity index (χ1) is 4.43. The van der Waals surface area contributed by atoms with E-state index in [4.69, 9.17) is 0 Å². The molecule has 1 nitrogen and oxygen atoms in total. The Labute approximate surface area is 59.7 Å². The van der Waals surface area contributed by atoms with Crippen LogP contribution in [0.25, 0.3) is 0 Å². The zero-order valence-electron chi connectivity index (χ0n) is 5.05. The first-order valence-corrected chi connectivity index (χ1v) is 3.61. The molecule has 0 fully saturated rings. The smallest absolute Gasteiger partial charge is 0.0117 e. The molecule has 0 aromatic heterocycles. The Morgan fingerprint density at radius 1 is 1.89 bits per heavy atom. The summed E-state index contributed by atoms with van der Waals surface area (Å²) in [6.07, 6.45) is 7.78. The lowest BCUT2D eigenvalue weighted by Crippen LogP contribution is -1.95. The van der Waals surface area contributed by atoms with Gasteiger partial charge in [0.2, 0.25) is 0 Å². The molecule has 0 aliphatic carbocycles. The van der Waals surface area contributed by atoms with Gasteiger partial charge in [0.05, 0.1) is 0 Å². The van der Waals surface area contributed by atoms with Gasteiger partial charge in [0.15, 0.2) is 0 Å². The molecule has 9 heavy (non-hydrogen) atoms. The molecular weight excluding hydrogens is 130 g/mol. The summed E-state index contributed by atoms with van der Waals surface area (Å²) in [5.41, 5.74) is 1.16. The molecule has 1 heterocycles. The zero-order chi connectivity index (χ0) is 6.53. The summed E-state index contributed by atoms with van der Waals surface area (Å²) < 4.78 is 3.01. The predicted molar refractivity (Wildman–Crippen MR) is 41.4 cm³/mol. The maximum absolute atomic E-state index is 3.63. The molecule has 0 spiro atoms. The van der Waals surface area contributed by atoms with E-state index in [2.05, 4.69) is 17.4 Å². The van der Waals surface area contributed by atoms with Crippen LogP contribution in [0.2, 0.25) is 0 Å². The summed E-state index contributed by atoms with van der Waals surface area (Å²) in [6, 6.07) is 0. The molecule has 1 rings (SSSR count). The molecule has 0 aromatic rings. The van der Waals surface area contributed by atoms with Crippen LogP contribution in [0.5, 0.6) is 0 Å². The molecule has 2 heteroatoms. The van der Waals surface area contributed by atoms with Gasteiger partial charge in [0.25, 0.3) is 0 Å². The van der Waals surface area contributed by atoms with E-state index in [0.717, 1.165) is 12.0 Å². The fourth-order valence-corrected chi connectivity index (χ4v) is 1.05. The Kier molecular flexibility index (Phi) is 2.46. The van der Waals surface area contributed by atoms with E-state index in [1.165, 1.54) is 11.9 Å². The van der Waals surface area contributed by atoms with Crippen LogP contribution in [0.4, 0.5) is 0 Å². The summed E-state index contributed by atoms with van der Waals surface area (Å²) in [7, 11) is 0. The summed E-state index contributed by atoms with van der Waals surface area (Å²) in [5.74, 6) is 0. The van der Waals surface area contributed by atoms with Crippen molar-refractivity contribution in [3.8, 4) is 0 Å². The molecular formula is C7H8NS. The Bertz CT molecular complexity index is 158. The van der Waals surface area contributed by atoms with Gasteiger partial charge in [-0.2, -0.15) is 0 Å². The number of hydrogen-bond donors (Lipinski definition) is 1. The minimum Gasteiger partial charge on any atom is -0.333 e. The van der Waals surface area contributed by atoms with Gasteiger partial charge < -0.3 is 4.72 Å². The molecule has 0 unspecified atom stereocenters. The lowest BCUT2D eigenvalue weighted by Gasteiger charge is -2.02. The maximum Gasteiger partial charge on any atom is 0.0117 e. The molecule has 1 N–H and O–H groups in total. The fourth-order valence-electron chi connectivity index (χ4n) is 0.559. The summed E-state index contributed by atoms with van der Waals surface area (Å²) in [5, 5.41) is 1.90. The third-order valence-electron chi connectivity index (χ3n) is 0.969. The van der Waals surface area contributed by atoms with Crippen LogP contribution >= 0.6 is 11.9 Å². The molecule has 47 valence electrons. The van der Waals surface area contributed by atoms with E-state index in [-0.39, 0.29) is 0 Å². The molecule has 0 bridgehead atoms. The number of nitrogens with one attached hydrogen (secondary N) is 1. The average molecular weight is 138 g/mol. The first kappa shape index (κ1) is 6.49. The summed E-state index contributed by atoms with van der Waals surface area (Å²) in [4.78, 5) is 0. The predicted octanol–water partition coefficient (Wildman–Crippen LogP) is 2.01. The molecule has 0 aromatic carbocycles. The first-order valence-electron chi connectivity index (χ1n) is 2.73. The van der Waals surface area contributed by atoms with Crippen LogP contribution in [-0.4, -0.2) is 0 Å². The van der Waals surface area contributed by atoms with Gasteiger partial charge in [0, 0.05) is 11.6 Å². The van der Waals surface area contributed by atoms with Gasteiger partial charge in [0.1, 0.15) is 0 Å². The van der Waals surface area contributed by atoms with Gasteiger partial charge >= 0.3 is 0 Å². The Morgan fingerprint density at radius 3 is 3.33 bits per heavy atom. The number of allylic oxidation sites excluding steroid dienone is 3. The topological polar surface area (TPSA) is 12.0 Å². The van der Waals surface area contributed by atoms with Crippen molar-refractivity contribution in [2.75, 3.05) is 0 Å². The highest BCUT2D eigenvalue weighted by Crippen LogP contribution is 2.10. The second-order valence-corrected chi connectivity index (χ2v) is 2.37. The minimum absolute atomic E-state index is 0.893. The molecule has 0 saturated heterocycles. The molecule has 1 aliphatic heterocycles. The van der Waals surface area contributed by atoms with E-state index in [0.29, 0.717) is 0 Å². The van der Waals surface area contributed by atoms with Gasteiger partial charge in [-0.3, -0.25) is 0 Å². The van der Waals surface area contributed by atoms with Crippen molar-refractivity contribution in [2.45, 2.75) is 6.42 Å². The second-order valence-electron chi connectivity index (χ2n) is 1.66. The van der Waals surface area contributed by atoms with Crippen molar-refractivity contribution in [1.82, 2.24) is 4.72 Å². The van der Waals surface area contributed by atoms with Crippen molar-refractivity contribution >= 4 is 11.9 Å². The van der Waals surface area contributed by atoms with Crippen molar-refractivity contribution in [1.29, 1.82) is 0 Å². The lowest BCUT2D eigenvalue weighted by atomic mass is 10.2. The Hall–Kier alpha value is -0.630. The maximum atomic E-state index is 3.63. The van der Waals surface area contributed by atoms with Crippen molar-refractivity contribution in [3.05, 3.63) is 35.9 Å². The van der Waals surface area contributed by atoms with Gasteiger partial charge in [-0.15, -0.1) is 6.58 Å². The molecule has 0 atom stereocenters. The Balaban J connectivity index is 2.47. The van der Waals surface area contributed by atoms with Crippen molar-refractivity contribution in [2.24, 2.45) is 0 Å². The number of rotatable bonds is 2. The van der Waals surface area contributed by atoms with Crippen LogP contribution in [0, 0.1) is 6.08 Å². The highest BCUT2D eigenvalue weighted by atomic mass is 32.2. The zero-order valence-corrected chi connectivity index (χ0v) is 5.87. The van der Waals surface area contributed by atoms with Crippen LogP contribution in [-0.2, 0) is 0 Å². The van der Waals surface area contributed by atoms with Crippen molar-refractivity contribution in [3.63, 3.8) is 0 Å². The third-order valence-corrected chi connectivity index (χ3v) is 1.46. The average Bonchev–Trinajstić information content (AvgIpc) is 1.91. The quantitative estimate of drug-likeness (QED) is 0.463. The number of hydrogen-bond acceptors (Lipinski definition) is 2. The van der Waals surface area contributed by atoms with E-state index < -0.39 is 0 Å². The normalized spacial score (nSPS) is 16.2. The minimum atomic E-state index is 0.893. The largest absolute Gasteiger partial charge is 0.333 e. The molecule has 0 saturated carbocycles. The van der Waals surface area contributed by atoms with Crippen LogP contribution < -0.4 is 4.72 Å². The SMILES string of the molecule is C=CCC1=CNSC=[C]1. The van der Waals surface area contributed by atoms with Gasteiger partial charge in [-0.05, 0) is 30.0 Å². The van der Waals surface area contributed by atoms with Crippen LogP contribution in [0.3, 0.4) is 0 Å². The monoisotopic (exact) mass is 138 g/mol. The molecule has 1 aliphatic rings. The molecule has 0 amide bonds. The van der Waals surface area contributed by atoms with Crippen LogP contribution in [0.1, 0.15) is 6.42 Å². The summed E-state index contributed by atoms with van der Waals surface area (Å²) >= 11 is 1.53. The van der Waals surface area contributed by atoms with Crippen LogP contribution in [0.15, 0.2) is 29.8 Å². The van der Waals surface area contributed by atoms with E-state index in [9.17, 15) is 0 Å².